The van der Waals surface area contributed by atoms with Gasteiger partial charge in [0.1, 0.15) is 0 Å². The van der Waals surface area contributed by atoms with Gasteiger partial charge in [0, 0.05) is 9.58 Å². The van der Waals surface area contributed by atoms with Crippen LogP contribution in [0, 0.1) is 0 Å². The van der Waals surface area contributed by atoms with E-state index in [0.717, 1.165) is 6.42 Å². The molecule has 0 saturated carbocycles. The van der Waals surface area contributed by atoms with Crippen molar-refractivity contribution in [1.82, 2.24) is 0 Å². The van der Waals surface area contributed by atoms with Crippen molar-refractivity contribution in [3.8, 4) is 10.4 Å². The van der Waals surface area contributed by atoms with E-state index in [1.54, 1.807) is 0 Å². The highest BCUT2D eigenvalue weighted by atomic mass is 32.1. The van der Waals surface area contributed by atoms with Crippen LogP contribution in [0.5, 0.6) is 0 Å². The van der Waals surface area contributed by atoms with Crippen LogP contribution in [0.4, 0.5) is 0 Å². The predicted molar refractivity (Wildman–Crippen MR) is 76.6 cm³/mol. The van der Waals surface area contributed by atoms with Crippen molar-refractivity contribution in [2.45, 2.75) is 13.3 Å². The molecular formula is C16H14S. The zero-order valence-corrected chi connectivity index (χ0v) is 10.6. The van der Waals surface area contributed by atoms with E-state index >= 15 is 0 Å². The van der Waals surface area contributed by atoms with Gasteiger partial charge in [0.25, 0.3) is 0 Å². The first-order valence-electron chi connectivity index (χ1n) is 5.95. The third kappa shape index (κ3) is 1.87. The molecule has 0 radical (unpaired) electrons. The highest BCUT2D eigenvalue weighted by Crippen LogP contribution is 2.35. The van der Waals surface area contributed by atoms with Gasteiger partial charge < -0.3 is 0 Å². The summed E-state index contributed by atoms with van der Waals surface area (Å²) in [6, 6.07) is 19.6. The molecule has 0 nitrogen and oxygen atoms in total. The molecule has 0 unspecified atom stereocenters. The Morgan fingerprint density at radius 2 is 1.71 bits per heavy atom. The standard InChI is InChI=1S/C16H14S/c1-2-12-7-3-5-9-14(12)16-11-13-8-4-6-10-15(13)17-16/h3-11H,2H2,1H3. The molecule has 0 aliphatic carbocycles. The van der Waals surface area contributed by atoms with Gasteiger partial charge in [0.15, 0.2) is 0 Å². The largest absolute Gasteiger partial charge is 0.135 e. The number of rotatable bonds is 2. The van der Waals surface area contributed by atoms with E-state index in [1.165, 1.54) is 26.1 Å². The number of hydrogen-bond acceptors (Lipinski definition) is 1. The molecule has 1 heteroatoms. The maximum absolute atomic E-state index is 2.30. The van der Waals surface area contributed by atoms with Crippen LogP contribution < -0.4 is 0 Å². The lowest BCUT2D eigenvalue weighted by Gasteiger charge is -2.04. The minimum absolute atomic E-state index is 1.09. The summed E-state index contributed by atoms with van der Waals surface area (Å²) in [4.78, 5) is 1.38. The third-order valence-electron chi connectivity index (χ3n) is 3.09. The van der Waals surface area contributed by atoms with Gasteiger partial charge in [0.2, 0.25) is 0 Å². The summed E-state index contributed by atoms with van der Waals surface area (Å²) in [7, 11) is 0. The lowest BCUT2D eigenvalue weighted by molar-refractivity contribution is 1.14. The van der Waals surface area contributed by atoms with Crippen LogP contribution in [0.25, 0.3) is 20.5 Å². The maximum Gasteiger partial charge on any atom is 0.0358 e. The summed E-state index contributed by atoms with van der Waals surface area (Å²) < 4.78 is 1.37. The summed E-state index contributed by atoms with van der Waals surface area (Å²) in [6.07, 6.45) is 1.09. The smallest absolute Gasteiger partial charge is 0.0358 e. The topological polar surface area (TPSA) is 0 Å². The second-order valence-electron chi connectivity index (χ2n) is 4.16. The Morgan fingerprint density at radius 1 is 0.941 bits per heavy atom. The van der Waals surface area contributed by atoms with Crippen molar-refractivity contribution in [3.05, 3.63) is 60.2 Å². The van der Waals surface area contributed by atoms with Crippen LogP contribution in [0.15, 0.2) is 54.6 Å². The molecule has 0 bridgehead atoms. The molecule has 3 aromatic rings. The minimum atomic E-state index is 1.09. The molecule has 0 aliphatic heterocycles. The second kappa shape index (κ2) is 4.34. The Bertz CT molecular complexity index is 616. The molecule has 0 spiro atoms. The van der Waals surface area contributed by atoms with Crippen molar-refractivity contribution in [2.75, 3.05) is 0 Å². The van der Waals surface area contributed by atoms with Gasteiger partial charge in [-0.1, -0.05) is 49.4 Å². The Morgan fingerprint density at radius 3 is 2.53 bits per heavy atom. The van der Waals surface area contributed by atoms with Crippen LogP contribution in [-0.2, 0) is 6.42 Å². The van der Waals surface area contributed by atoms with Crippen molar-refractivity contribution in [3.63, 3.8) is 0 Å². The van der Waals surface area contributed by atoms with E-state index in [4.69, 9.17) is 0 Å². The molecule has 0 fully saturated rings. The number of hydrogen-bond donors (Lipinski definition) is 0. The van der Waals surface area contributed by atoms with Crippen LogP contribution in [0.2, 0.25) is 0 Å². The Labute approximate surface area is 106 Å². The molecule has 0 aliphatic rings. The van der Waals surface area contributed by atoms with Crippen LogP contribution in [-0.4, -0.2) is 0 Å². The van der Waals surface area contributed by atoms with E-state index in [1.807, 2.05) is 11.3 Å². The van der Waals surface area contributed by atoms with Crippen LogP contribution in [0.3, 0.4) is 0 Å². The quantitative estimate of drug-likeness (QED) is 0.580. The first-order chi connectivity index (χ1) is 8.38. The summed E-state index contributed by atoms with van der Waals surface area (Å²) >= 11 is 1.88. The average Bonchev–Trinajstić information content (AvgIpc) is 2.82. The van der Waals surface area contributed by atoms with Gasteiger partial charge in [0.05, 0.1) is 0 Å². The Kier molecular flexibility index (Phi) is 2.69. The molecule has 1 heterocycles. The Balaban J connectivity index is 2.20. The van der Waals surface area contributed by atoms with E-state index in [-0.39, 0.29) is 0 Å². The summed E-state index contributed by atoms with van der Waals surface area (Å²) in [5.41, 5.74) is 2.82. The van der Waals surface area contributed by atoms with Crippen molar-refractivity contribution in [2.24, 2.45) is 0 Å². The van der Waals surface area contributed by atoms with Gasteiger partial charge >= 0.3 is 0 Å². The molecule has 0 N–H and O–H groups in total. The molecule has 0 atom stereocenters. The third-order valence-corrected chi connectivity index (χ3v) is 4.24. The van der Waals surface area contributed by atoms with E-state index < -0.39 is 0 Å². The van der Waals surface area contributed by atoms with Crippen molar-refractivity contribution in [1.29, 1.82) is 0 Å². The van der Waals surface area contributed by atoms with Crippen molar-refractivity contribution >= 4 is 21.4 Å². The molecule has 0 saturated heterocycles. The van der Waals surface area contributed by atoms with Crippen molar-refractivity contribution < 1.29 is 0 Å². The number of aryl methyl sites for hydroxylation is 1. The van der Waals surface area contributed by atoms with E-state index in [9.17, 15) is 0 Å². The monoisotopic (exact) mass is 238 g/mol. The predicted octanol–water partition coefficient (Wildman–Crippen LogP) is 5.13. The fourth-order valence-electron chi connectivity index (χ4n) is 2.18. The summed E-state index contributed by atoms with van der Waals surface area (Å²) in [5.74, 6) is 0. The van der Waals surface area contributed by atoms with Crippen LogP contribution >= 0.6 is 11.3 Å². The Hall–Kier alpha value is -1.60. The molecule has 84 valence electrons. The lowest BCUT2D eigenvalue weighted by atomic mass is 10.0. The summed E-state index contributed by atoms with van der Waals surface area (Å²) in [6.45, 7) is 2.21. The fraction of sp³-hybridized carbons (Fsp3) is 0.125. The fourth-order valence-corrected chi connectivity index (χ4v) is 3.31. The zero-order valence-electron chi connectivity index (χ0n) is 9.81. The zero-order chi connectivity index (χ0) is 11.7. The molecule has 1 aromatic heterocycles. The number of thiophene rings is 1. The van der Waals surface area contributed by atoms with E-state index in [2.05, 4.69) is 61.5 Å². The van der Waals surface area contributed by atoms with Gasteiger partial charge in [-0.25, -0.2) is 0 Å². The first kappa shape index (κ1) is 10.5. The molecule has 17 heavy (non-hydrogen) atoms. The highest BCUT2D eigenvalue weighted by Gasteiger charge is 2.06. The number of fused-ring (bicyclic) bond motifs is 1. The number of benzene rings is 2. The minimum Gasteiger partial charge on any atom is -0.135 e. The van der Waals surface area contributed by atoms with Crippen LogP contribution in [0.1, 0.15) is 12.5 Å². The maximum atomic E-state index is 2.30. The molecule has 2 aromatic carbocycles. The lowest BCUT2D eigenvalue weighted by Crippen LogP contribution is -1.83. The van der Waals surface area contributed by atoms with Gasteiger partial charge in [-0.05, 0) is 35.1 Å². The second-order valence-corrected chi connectivity index (χ2v) is 5.24. The molecular weight excluding hydrogens is 224 g/mol. The van der Waals surface area contributed by atoms with Gasteiger partial charge in [-0.2, -0.15) is 0 Å². The SMILES string of the molecule is CCc1ccccc1-c1cc2ccccc2s1. The first-order valence-corrected chi connectivity index (χ1v) is 6.77. The normalized spacial score (nSPS) is 10.9. The van der Waals surface area contributed by atoms with E-state index in [0.29, 0.717) is 0 Å². The molecule has 0 amide bonds. The highest BCUT2D eigenvalue weighted by molar-refractivity contribution is 7.22. The van der Waals surface area contributed by atoms with Gasteiger partial charge in [-0.3, -0.25) is 0 Å². The average molecular weight is 238 g/mol. The van der Waals surface area contributed by atoms with Gasteiger partial charge in [-0.15, -0.1) is 11.3 Å². The molecule has 3 rings (SSSR count). The summed E-state index contributed by atoms with van der Waals surface area (Å²) in [5, 5.41) is 1.35.